The van der Waals surface area contributed by atoms with Crippen molar-refractivity contribution < 1.29 is 9.59 Å². The molecule has 0 radical (unpaired) electrons. The van der Waals surface area contributed by atoms with Crippen LogP contribution >= 0.6 is 0 Å². The molecule has 0 atom stereocenters. The Bertz CT molecular complexity index is 777. The minimum absolute atomic E-state index is 0.0256. The lowest BCUT2D eigenvalue weighted by molar-refractivity contribution is -0.137. The number of rotatable bonds is 6. The molecule has 1 heterocycles. The van der Waals surface area contributed by atoms with E-state index in [-0.39, 0.29) is 11.1 Å². The van der Waals surface area contributed by atoms with E-state index >= 15 is 0 Å². The van der Waals surface area contributed by atoms with Crippen molar-refractivity contribution in [1.29, 1.82) is 0 Å². The first-order valence-corrected chi connectivity index (χ1v) is 17.9. The predicted molar refractivity (Wildman–Crippen MR) is 170 cm³/mol. The van der Waals surface area contributed by atoms with E-state index < -0.39 is 0 Å². The van der Waals surface area contributed by atoms with Crippen molar-refractivity contribution in [2.75, 3.05) is 19.6 Å². The zero-order chi connectivity index (χ0) is 27.7. The highest BCUT2D eigenvalue weighted by Gasteiger charge is 2.52. The van der Waals surface area contributed by atoms with Crippen LogP contribution in [0.5, 0.6) is 0 Å². The van der Waals surface area contributed by atoms with Crippen molar-refractivity contribution in [2.45, 2.75) is 177 Å². The molecule has 0 aromatic heterocycles. The van der Waals surface area contributed by atoms with Gasteiger partial charge in [-0.25, -0.2) is 0 Å². The number of hydrogen-bond acceptors (Lipinski definition) is 3. The Kier molecular flexibility index (Phi) is 11.4. The molecule has 0 unspecified atom stereocenters. The third kappa shape index (κ3) is 8.32. The van der Waals surface area contributed by atoms with Gasteiger partial charge >= 0.3 is 0 Å². The lowest BCUT2D eigenvalue weighted by Crippen LogP contribution is -2.67. The first-order chi connectivity index (χ1) is 19.6. The van der Waals surface area contributed by atoms with E-state index in [2.05, 4.69) is 15.0 Å². The minimum atomic E-state index is 0.0256. The summed E-state index contributed by atoms with van der Waals surface area (Å²) < 4.78 is 0. The van der Waals surface area contributed by atoms with Crippen LogP contribution in [0.4, 0.5) is 4.79 Å². The van der Waals surface area contributed by atoms with Gasteiger partial charge in [-0.3, -0.25) is 14.5 Å². The molecule has 224 valence electrons. The molecular weight excluding hydrogens is 492 g/mol. The van der Waals surface area contributed by atoms with Crippen LogP contribution in [0.25, 0.3) is 0 Å². The highest BCUT2D eigenvalue weighted by molar-refractivity contribution is 6.74. The van der Waals surface area contributed by atoms with Gasteiger partial charge < -0.3 is 10.1 Å². The van der Waals surface area contributed by atoms with Crippen molar-refractivity contribution in [2.24, 2.45) is 0 Å². The Hall–Kier alpha value is -0.970. The first kappa shape index (κ1) is 30.5. The van der Waals surface area contributed by atoms with Gasteiger partial charge in [-0.1, -0.05) is 121 Å². The maximum Gasteiger partial charge on any atom is 0.242 e. The largest absolute Gasteiger partial charge is 0.387 e. The van der Waals surface area contributed by atoms with E-state index in [1.165, 1.54) is 116 Å². The van der Waals surface area contributed by atoms with Crippen molar-refractivity contribution >= 4 is 26.4 Å². The first-order valence-electron chi connectivity index (χ1n) is 17.9. The average molecular weight is 551 g/mol. The predicted octanol–water partition coefficient (Wildman–Crippen LogP) is 7.10. The molecule has 0 spiro atoms. The number of carbonyl (C=O) groups excluding carboxylic acids is 2. The van der Waals surface area contributed by atoms with Crippen LogP contribution in [-0.2, 0) is 4.79 Å². The fraction of sp³-hybridized carbons (Fsp3) is 0.939. The van der Waals surface area contributed by atoms with E-state index in [0.29, 0.717) is 29.9 Å². The number of amides is 2. The van der Waals surface area contributed by atoms with Gasteiger partial charge in [-0.2, -0.15) is 0 Å². The summed E-state index contributed by atoms with van der Waals surface area (Å²) in [6, 6.07) is 0. The Morgan fingerprint density at radius 3 is 1.62 bits per heavy atom. The molecule has 6 rings (SSSR count). The lowest BCUT2D eigenvalue weighted by atomic mass is 9.57. The highest BCUT2D eigenvalue weighted by atomic mass is 16.2. The molecule has 5 nitrogen and oxygen atoms in total. The van der Waals surface area contributed by atoms with E-state index in [1.54, 1.807) is 0 Å². The molecule has 1 aliphatic heterocycles. The second kappa shape index (κ2) is 15.0. The van der Waals surface area contributed by atoms with Crippen LogP contribution in [0.15, 0.2) is 0 Å². The molecule has 40 heavy (non-hydrogen) atoms. The zero-order valence-corrected chi connectivity index (χ0v) is 25.9. The summed E-state index contributed by atoms with van der Waals surface area (Å²) >= 11 is 0. The molecule has 6 fully saturated rings. The van der Waals surface area contributed by atoms with Gasteiger partial charge in [0.15, 0.2) is 5.81 Å². The van der Waals surface area contributed by atoms with Gasteiger partial charge in [0.2, 0.25) is 20.6 Å². The summed E-state index contributed by atoms with van der Waals surface area (Å²) in [7, 11) is 1.74. The molecule has 1 saturated heterocycles. The Labute approximate surface area is 247 Å². The summed E-state index contributed by atoms with van der Waals surface area (Å²) in [6.45, 7) is 2.58. The van der Waals surface area contributed by atoms with Crippen LogP contribution in [0, 0.1) is 0 Å². The number of nitrogens with one attached hydrogen (secondary N) is 1. The van der Waals surface area contributed by atoms with Gasteiger partial charge in [0.05, 0.1) is 6.54 Å². The molecule has 2 bridgehead atoms. The average Bonchev–Trinajstić information content (AvgIpc) is 3.04. The molecule has 0 aromatic carbocycles. The second-order valence-corrected chi connectivity index (χ2v) is 14.9. The number of fused-ring (bicyclic) bond motifs is 3. The SMILES string of the molecule is O=C(BC1CCCCCCCC1)NC12CCC(N3CCN(BC4CCCCCCCCCC4)C(=O)C3)(CC1)CC2. The molecule has 1 N–H and O–H groups in total. The van der Waals surface area contributed by atoms with Crippen LogP contribution in [0.2, 0.25) is 11.6 Å². The van der Waals surface area contributed by atoms with E-state index in [9.17, 15) is 9.59 Å². The Morgan fingerprint density at radius 1 is 0.650 bits per heavy atom. The summed E-state index contributed by atoms with van der Waals surface area (Å²) in [6.07, 6.45) is 31.0. The quantitative estimate of drug-likeness (QED) is 0.359. The number of carbonyl (C=O) groups is 2. The normalized spacial score (nSPS) is 32.8. The maximum atomic E-state index is 13.4. The molecule has 0 aromatic rings. The lowest BCUT2D eigenvalue weighted by Gasteiger charge is -2.59. The standard InChI is InChI=1S/C33H59B2N3O2/c39-30-27-37(25-26-38(30)35-29-17-13-9-3-1-2-4-10-14-18-29)33-22-19-32(20-23-33,21-24-33)36-31(40)34-28-15-11-7-5-6-8-12-16-28/h28-29,34-35H,1-27H2,(H,36,40). The van der Waals surface area contributed by atoms with Gasteiger partial charge in [0.1, 0.15) is 0 Å². The van der Waals surface area contributed by atoms with Crippen LogP contribution in [-0.4, -0.2) is 66.8 Å². The fourth-order valence-corrected chi connectivity index (χ4v) is 9.23. The summed E-state index contributed by atoms with van der Waals surface area (Å²) in [5, 5.41) is 3.59. The highest BCUT2D eigenvalue weighted by Crippen LogP contribution is 2.50. The number of hydrogen-bond donors (Lipinski definition) is 1. The van der Waals surface area contributed by atoms with Crippen molar-refractivity contribution in [3.05, 3.63) is 0 Å². The van der Waals surface area contributed by atoms with Crippen LogP contribution < -0.4 is 5.32 Å². The topological polar surface area (TPSA) is 52.7 Å². The smallest absolute Gasteiger partial charge is 0.242 e. The van der Waals surface area contributed by atoms with Gasteiger partial charge in [0.25, 0.3) is 0 Å². The summed E-state index contributed by atoms with van der Waals surface area (Å²) in [5.41, 5.74) is 0.221. The summed E-state index contributed by atoms with van der Waals surface area (Å²) in [4.78, 5) is 31.4. The van der Waals surface area contributed by atoms with Gasteiger partial charge in [-0.15, -0.1) is 0 Å². The van der Waals surface area contributed by atoms with Crippen molar-refractivity contribution in [3.63, 3.8) is 0 Å². The van der Waals surface area contributed by atoms with Crippen molar-refractivity contribution in [1.82, 2.24) is 15.0 Å². The molecule has 6 aliphatic rings. The van der Waals surface area contributed by atoms with Gasteiger partial charge in [0, 0.05) is 24.2 Å². The summed E-state index contributed by atoms with van der Waals surface area (Å²) in [5.74, 6) is 1.98. The van der Waals surface area contributed by atoms with Crippen LogP contribution in [0.1, 0.15) is 154 Å². The molecule has 7 heteroatoms. The third-order valence-electron chi connectivity index (χ3n) is 12.0. The fourth-order valence-electron chi connectivity index (χ4n) is 9.23. The zero-order valence-electron chi connectivity index (χ0n) is 25.9. The second-order valence-electron chi connectivity index (χ2n) is 14.9. The molecule has 2 amide bonds. The third-order valence-corrected chi connectivity index (χ3v) is 12.0. The molecular formula is C33H59B2N3O2. The van der Waals surface area contributed by atoms with Gasteiger partial charge in [-0.05, 0) is 44.3 Å². The monoisotopic (exact) mass is 551 g/mol. The Balaban J connectivity index is 1.07. The van der Waals surface area contributed by atoms with Crippen LogP contribution in [0.3, 0.4) is 0 Å². The Morgan fingerprint density at radius 2 is 1.12 bits per heavy atom. The van der Waals surface area contributed by atoms with E-state index in [0.717, 1.165) is 66.3 Å². The number of nitrogens with zero attached hydrogens (tertiary/aromatic N) is 2. The molecule has 5 saturated carbocycles. The van der Waals surface area contributed by atoms with Crippen molar-refractivity contribution in [3.8, 4) is 0 Å². The molecule has 5 aliphatic carbocycles. The maximum absolute atomic E-state index is 13.4. The number of piperazine rings is 1. The van der Waals surface area contributed by atoms with E-state index in [1.807, 2.05) is 0 Å². The van der Waals surface area contributed by atoms with E-state index in [4.69, 9.17) is 0 Å². The minimum Gasteiger partial charge on any atom is -0.387 e.